The maximum absolute atomic E-state index is 3.64. The lowest BCUT2D eigenvalue weighted by Gasteiger charge is -2.01. The van der Waals surface area contributed by atoms with Gasteiger partial charge < -0.3 is 0 Å². The standard InChI is InChI=1S/C11H18/c1-5-7-9-11(8-6-2)10(3)4/h5,7,9H,1,6,8H2,2-4H3/b9-7-. The van der Waals surface area contributed by atoms with E-state index in [9.17, 15) is 0 Å². The Morgan fingerprint density at radius 1 is 1.36 bits per heavy atom. The van der Waals surface area contributed by atoms with E-state index in [4.69, 9.17) is 0 Å². The van der Waals surface area contributed by atoms with E-state index in [0.29, 0.717) is 0 Å². The molecule has 0 aromatic rings. The predicted molar refractivity (Wildman–Crippen MR) is 52.6 cm³/mol. The summed E-state index contributed by atoms with van der Waals surface area (Å²) in [6.07, 6.45) is 8.34. The third kappa shape index (κ3) is 4.60. The fourth-order valence-corrected chi connectivity index (χ4v) is 0.954. The Labute approximate surface area is 70.3 Å². The zero-order valence-electron chi connectivity index (χ0n) is 7.85. The van der Waals surface area contributed by atoms with E-state index in [1.54, 1.807) is 0 Å². The van der Waals surface area contributed by atoms with Crippen LogP contribution < -0.4 is 0 Å². The first kappa shape index (κ1) is 10.2. The average molecular weight is 150 g/mol. The van der Waals surface area contributed by atoms with Crippen LogP contribution in [-0.4, -0.2) is 0 Å². The molecule has 0 fully saturated rings. The van der Waals surface area contributed by atoms with Gasteiger partial charge >= 0.3 is 0 Å². The van der Waals surface area contributed by atoms with Crippen LogP contribution in [0.25, 0.3) is 0 Å². The molecule has 0 saturated carbocycles. The molecule has 0 saturated heterocycles. The molecule has 0 atom stereocenters. The predicted octanol–water partition coefficient (Wildman–Crippen LogP) is 3.87. The molecule has 0 nitrogen and oxygen atoms in total. The smallest absolute Gasteiger partial charge is 0.0282 e. The van der Waals surface area contributed by atoms with Gasteiger partial charge in [0.05, 0.1) is 0 Å². The van der Waals surface area contributed by atoms with Crippen molar-refractivity contribution in [3.8, 4) is 0 Å². The summed E-state index contributed by atoms with van der Waals surface area (Å²) in [5, 5.41) is 0. The molecular weight excluding hydrogens is 132 g/mol. The van der Waals surface area contributed by atoms with Crippen LogP contribution in [-0.2, 0) is 0 Å². The summed E-state index contributed by atoms with van der Waals surface area (Å²) in [6.45, 7) is 10.1. The first-order valence-corrected chi connectivity index (χ1v) is 4.17. The van der Waals surface area contributed by atoms with E-state index in [1.807, 2.05) is 12.2 Å². The molecule has 0 aromatic heterocycles. The second-order valence-corrected chi connectivity index (χ2v) is 2.87. The van der Waals surface area contributed by atoms with Gasteiger partial charge in [0.25, 0.3) is 0 Å². The first-order chi connectivity index (χ1) is 5.22. The molecule has 62 valence electrons. The summed E-state index contributed by atoms with van der Waals surface area (Å²) in [7, 11) is 0. The fourth-order valence-electron chi connectivity index (χ4n) is 0.954. The topological polar surface area (TPSA) is 0 Å². The Balaban J connectivity index is 4.23. The van der Waals surface area contributed by atoms with Crippen molar-refractivity contribution in [2.75, 3.05) is 0 Å². The number of rotatable bonds is 4. The molecule has 0 aliphatic heterocycles. The van der Waals surface area contributed by atoms with E-state index in [1.165, 1.54) is 24.0 Å². The minimum absolute atomic E-state index is 1.17. The van der Waals surface area contributed by atoms with Crippen molar-refractivity contribution in [1.29, 1.82) is 0 Å². The van der Waals surface area contributed by atoms with Crippen LogP contribution in [0.3, 0.4) is 0 Å². The van der Waals surface area contributed by atoms with E-state index in [-0.39, 0.29) is 0 Å². The van der Waals surface area contributed by atoms with Gasteiger partial charge in [-0.3, -0.25) is 0 Å². The van der Waals surface area contributed by atoms with Crippen LogP contribution in [0.1, 0.15) is 33.6 Å². The zero-order chi connectivity index (χ0) is 8.69. The summed E-state index contributed by atoms with van der Waals surface area (Å²) < 4.78 is 0. The molecule has 0 amide bonds. The van der Waals surface area contributed by atoms with Crippen LogP contribution in [0.15, 0.2) is 36.0 Å². The van der Waals surface area contributed by atoms with Crippen molar-refractivity contribution in [1.82, 2.24) is 0 Å². The van der Waals surface area contributed by atoms with Crippen molar-refractivity contribution in [3.63, 3.8) is 0 Å². The molecule has 0 aliphatic carbocycles. The average Bonchev–Trinajstić information content (AvgIpc) is 1.97. The molecule has 0 aromatic carbocycles. The quantitative estimate of drug-likeness (QED) is 0.534. The maximum atomic E-state index is 3.64. The van der Waals surface area contributed by atoms with Gasteiger partial charge in [-0.1, -0.05) is 43.7 Å². The lowest BCUT2D eigenvalue weighted by molar-refractivity contribution is 0.912. The molecule has 0 spiro atoms. The normalized spacial score (nSPS) is 10.1. The number of hydrogen-bond acceptors (Lipinski definition) is 0. The van der Waals surface area contributed by atoms with E-state index in [2.05, 4.69) is 33.4 Å². The van der Waals surface area contributed by atoms with Crippen LogP contribution in [0.4, 0.5) is 0 Å². The Hall–Kier alpha value is -0.780. The highest BCUT2D eigenvalue weighted by molar-refractivity contribution is 5.25. The Morgan fingerprint density at radius 3 is 2.36 bits per heavy atom. The minimum atomic E-state index is 1.17. The van der Waals surface area contributed by atoms with Crippen LogP contribution in [0.5, 0.6) is 0 Å². The summed E-state index contributed by atoms with van der Waals surface area (Å²) in [5.74, 6) is 0. The number of hydrogen-bond donors (Lipinski definition) is 0. The van der Waals surface area contributed by atoms with E-state index >= 15 is 0 Å². The summed E-state index contributed by atoms with van der Waals surface area (Å²) in [5.41, 5.74) is 2.84. The maximum Gasteiger partial charge on any atom is -0.0282 e. The largest absolute Gasteiger partial charge is 0.0991 e. The van der Waals surface area contributed by atoms with Gasteiger partial charge in [0.2, 0.25) is 0 Å². The highest BCUT2D eigenvalue weighted by Gasteiger charge is 1.91. The third-order valence-electron chi connectivity index (χ3n) is 1.60. The lowest BCUT2D eigenvalue weighted by atomic mass is 10.1. The summed E-state index contributed by atoms with van der Waals surface area (Å²) in [6, 6.07) is 0. The van der Waals surface area contributed by atoms with Crippen LogP contribution >= 0.6 is 0 Å². The molecule has 0 heteroatoms. The van der Waals surface area contributed by atoms with Crippen LogP contribution in [0, 0.1) is 0 Å². The minimum Gasteiger partial charge on any atom is -0.0991 e. The van der Waals surface area contributed by atoms with E-state index < -0.39 is 0 Å². The van der Waals surface area contributed by atoms with E-state index in [0.717, 1.165) is 0 Å². The van der Waals surface area contributed by atoms with Gasteiger partial charge in [-0.25, -0.2) is 0 Å². The highest BCUT2D eigenvalue weighted by atomic mass is 14.0. The van der Waals surface area contributed by atoms with Crippen LogP contribution in [0.2, 0.25) is 0 Å². The van der Waals surface area contributed by atoms with Crippen molar-refractivity contribution in [2.24, 2.45) is 0 Å². The molecule has 0 radical (unpaired) electrons. The molecule has 11 heavy (non-hydrogen) atoms. The van der Waals surface area contributed by atoms with Gasteiger partial charge in [-0.05, 0) is 25.8 Å². The van der Waals surface area contributed by atoms with Gasteiger partial charge in [0.15, 0.2) is 0 Å². The van der Waals surface area contributed by atoms with Gasteiger partial charge in [-0.2, -0.15) is 0 Å². The molecule has 0 heterocycles. The summed E-state index contributed by atoms with van der Waals surface area (Å²) in [4.78, 5) is 0. The van der Waals surface area contributed by atoms with Gasteiger partial charge in [0, 0.05) is 0 Å². The highest BCUT2D eigenvalue weighted by Crippen LogP contribution is 2.11. The molecule has 0 unspecified atom stereocenters. The molecule has 0 N–H and O–H groups in total. The zero-order valence-corrected chi connectivity index (χ0v) is 7.85. The molecule has 0 aliphatic rings. The lowest BCUT2D eigenvalue weighted by Crippen LogP contribution is -1.80. The van der Waals surface area contributed by atoms with Crippen molar-refractivity contribution < 1.29 is 0 Å². The van der Waals surface area contributed by atoms with Gasteiger partial charge in [-0.15, -0.1) is 0 Å². The molecule has 0 rings (SSSR count). The third-order valence-corrected chi connectivity index (χ3v) is 1.60. The van der Waals surface area contributed by atoms with Crippen molar-refractivity contribution in [3.05, 3.63) is 36.0 Å². The van der Waals surface area contributed by atoms with Gasteiger partial charge in [0.1, 0.15) is 0 Å². The fraction of sp³-hybridized carbons (Fsp3) is 0.455. The monoisotopic (exact) mass is 150 g/mol. The number of allylic oxidation sites excluding steroid dienone is 5. The van der Waals surface area contributed by atoms with Crippen molar-refractivity contribution in [2.45, 2.75) is 33.6 Å². The van der Waals surface area contributed by atoms with Crippen molar-refractivity contribution >= 4 is 0 Å². The SMILES string of the molecule is C=C/C=C\C(CCC)=C(C)C. The second-order valence-electron chi connectivity index (χ2n) is 2.87. The molecule has 0 bridgehead atoms. The second kappa shape index (κ2) is 5.96. The molecular formula is C11H18. The first-order valence-electron chi connectivity index (χ1n) is 4.17. The Bertz CT molecular complexity index is 166. The Kier molecular flexibility index (Phi) is 5.54. The summed E-state index contributed by atoms with van der Waals surface area (Å²) >= 11 is 0. The Morgan fingerprint density at radius 2 is 2.00 bits per heavy atom.